The normalized spacial score (nSPS) is 12.4. The summed E-state index contributed by atoms with van der Waals surface area (Å²) in [5, 5.41) is 5.75. The quantitative estimate of drug-likeness (QED) is 0.686. The lowest BCUT2D eigenvalue weighted by Gasteiger charge is -2.20. The van der Waals surface area contributed by atoms with Crippen LogP contribution >= 0.6 is 34.8 Å². The van der Waals surface area contributed by atoms with Crippen molar-refractivity contribution < 1.29 is 0 Å². The van der Waals surface area contributed by atoms with Crippen LogP contribution in [0.1, 0.15) is 30.5 Å². The smallest absolute Gasteiger partial charge is 0.0439 e. The van der Waals surface area contributed by atoms with Gasteiger partial charge in [0.2, 0.25) is 0 Å². The lowest BCUT2D eigenvalue weighted by atomic mass is 9.98. The minimum atomic E-state index is 0.193. The molecule has 0 fully saturated rings. The van der Waals surface area contributed by atoms with Gasteiger partial charge in [0.25, 0.3) is 0 Å². The predicted molar refractivity (Wildman–Crippen MR) is 92.7 cm³/mol. The van der Waals surface area contributed by atoms with Gasteiger partial charge in [0.05, 0.1) is 0 Å². The fourth-order valence-corrected chi connectivity index (χ4v) is 2.76. The molecule has 0 aliphatic rings. The van der Waals surface area contributed by atoms with Crippen molar-refractivity contribution in [3.63, 3.8) is 0 Å². The van der Waals surface area contributed by atoms with Gasteiger partial charge in [-0.1, -0.05) is 53.9 Å². The molecule has 112 valence electrons. The molecule has 0 aliphatic carbocycles. The molecule has 4 heteroatoms. The maximum absolute atomic E-state index is 6.28. The van der Waals surface area contributed by atoms with E-state index in [0.29, 0.717) is 5.02 Å². The Bertz CT molecular complexity index is 581. The molecule has 1 atom stereocenters. The van der Waals surface area contributed by atoms with Crippen LogP contribution in [0.5, 0.6) is 0 Å². The Morgan fingerprint density at radius 2 is 1.62 bits per heavy atom. The highest BCUT2D eigenvalue weighted by molar-refractivity contribution is 6.33. The van der Waals surface area contributed by atoms with Gasteiger partial charge in [-0.05, 0) is 60.8 Å². The van der Waals surface area contributed by atoms with Gasteiger partial charge in [0, 0.05) is 21.1 Å². The summed E-state index contributed by atoms with van der Waals surface area (Å²) in [5.74, 6) is 0. The SMILES string of the molecule is CCCNC(Cc1cc(Cl)ccc1Cl)c1ccc(Cl)cc1. The maximum atomic E-state index is 6.28. The Morgan fingerprint density at radius 3 is 2.29 bits per heavy atom. The van der Waals surface area contributed by atoms with Crippen LogP contribution in [0.3, 0.4) is 0 Å². The van der Waals surface area contributed by atoms with Crippen molar-refractivity contribution in [3.8, 4) is 0 Å². The van der Waals surface area contributed by atoms with E-state index in [9.17, 15) is 0 Å². The van der Waals surface area contributed by atoms with E-state index < -0.39 is 0 Å². The van der Waals surface area contributed by atoms with Crippen molar-refractivity contribution in [2.45, 2.75) is 25.8 Å². The molecule has 0 radical (unpaired) electrons. The van der Waals surface area contributed by atoms with Crippen LogP contribution in [0.15, 0.2) is 42.5 Å². The molecule has 21 heavy (non-hydrogen) atoms. The molecule has 0 bridgehead atoms. The van der Waals surface area contributed by atoms with Crippen molar-refractivity contribution in [2.75, 3.05) is 6.54 Å². The third-order valence-corrected chi connectivity index (χ3v) is 4.20. The first-order valence-corrected chi connectivity index (χ1v) is 8.16. The van der Waals surface area contributed by atoms with E-state index in [1.165, 1.54) is 5.56 Å². The van der Waals surface area contributed by atoms with Crippen LogP contribution in [0, 0.1) is 0 Å². The first kappa shape index (κ1) is 16.6. The van der Waals surface area contributed by atoms with Crippen molar-refractivity contribution in [2.24, 2.45) is 0 Å². The highest BCUT2D eigenvalue weighted by Gasteiger charge is 2.14. The number of hydrogen-bond acceptors (Lipinski definition) is 1. The van der Waals surface area contributed by atoms with Crippen LogP contribution in [0.25, 0.3) is 0 Å². The number of halogens is 3. The standard InChI is InChI=1S/C17H18Cl3N/c1-2-9-21-17(12-3-5-14(18)6-4-12)11-13-10-15(19)7-8-16(13)20/h3-8,10,17,21H,2,9,11H2,1H3. The van der Waals surface area contributed by atoms with Gasteiger partial charge in [-0.15, -0.1) is 0 Å². The van der Waals surface area contributed by atoms with Crippen LogP contribution in [-0.2, 0) is 6.42 Å². The summed E-state index contributed by atoms with van der Waals surface area (Å²) in [5.41, 5.74) is 2.25. The van der Waals surface area contributed by atoms with E-state index in [2.05, 4.69) is 12.2 Å². The largest absolute Gasteiger partial charge is 0.310 e. The molecule has 2 aromatic rings. The third-order valence-electron chi connectivity index (χ3n) is 3.34. The van der Waals surface area contributed by atoms with E-state index in [4.69, 9.17) is 34.8 Å². The molecule has 0 saturated carbocycles. The monoisotopic (exact) mass is 341 g/mol. The summed E-state index contributed by atoms with van der Waals surface area (Å²) in [7, 11) is 0. The van der Waals surface area contributed by atoms with E-state index in [1.807, 2.05) is 42.5 Å². The van der Waals surface area contributed by atoms with Gasteiger partial charge in [0.15, 0.2) is 0 Å². The van der Waals surface area contributed by atoms with Crippen molar-refractivity contribution in [3.05, 3.63) is 68.7 Å². The highest BCUT2D eigenvalue weighted by Crippen LogP contribution is 2.27. The Kier molecular flexibility index (Phi) is 6.38. The van der Waals surface area contributed by atoms with Gasteiger partial charge in [-0.25, -0.2) is 0 Å². The van der Waals surface area contributed by atoms with Crippen molar-refractivity contribution >= 4 is 34.8 Å². The molecule has 0 saturated heterocycles. The second kappa shape index (κ2) is 8.05. The van der Waals surface area contributed by atoms with Crippen LogP contribution < -0.4 is 5.32 Å². The first-order chi connectivity index (χ1) is 10.1. The first-order valence-electron chi connectivity index (χ1n) is 7.03. The van der Waals surface area contributed by atoms with E-state index in [0.717, 1.165) is 35.0 Å². The second-order valence-electron chi connectivity index (χ2n) is 5.00. The summed E-state index contributed by atoms with van der Waals surface area (Å²) in [6, 6.07) is 13.7. The number of rotatable bonds is 6. The van der Waals surface area contributed by atoms with E-state index in [1.54, 1.807) is 0 Å². The summed E-state index contributed by atoms with van der Waals surface area (Å²) in [6.07, 6.45) is 1.87. The average Bonchev–Trinajstić information content (AvgIpc) is 2.48. The zero-order valence-electron chi connectivity index (χ0n) is 11.9. The van der Waals surface area contributed by atoms with Gasteiger partial charge in [-0.2, -0.15) is 0 Å². The third kappa shape index (κ3) is 4.89. The molecule has 1 N–H and O–H groups in total. The van der Waals surface area contributed by atoms with Crippen molar-refractivity contribution in [1.82, 2.24) is 5.32 Å². The predicted octanol–water partition coefficient (Wildman–Crippen LogP) is 5.93. The lowest BCUT2D eigenvalue weighted by Crippen LogP contribution is -2.24. The van der Waals surface area contributed by atoms with E-state index in [-0.39, 0.29) is 6.04 Å². The summed E-state index contributed by atoms with van der Waals surface area (Å²) in [4.78, 5) is 0. The van der Waals surface area contributed by atoms with Gasteiger partial charge in [-0.3, -0.25) is 0 Å². The number of hydrogen-bond donors (Lipinski definition) is 1. The molecule has 0 heterocycles. The fourth-order valence-electron chi connectivity index (χ4n) is 2.24. The Balaban J connectivity index is 2.23. The van der Waals surface area contributed by atoms with Crippen LogP contribution in [-0.4, -0.2) is 6.54 Å². The zero-order valence-corrected chi connectivity index (χ0v) is 14.1. The molecular weight excluding hydrogens is 325 g/mol. The minimum Gasteiger partial charge on any atom is -0.310 e. The molecule has 1 unspecified atom stereocenters. The summed E-state index contributed by atoms with van der Waals surface area (Å²) >= 11 is 18.3. The van der Waals surface area contributed by atoms with E-state index >= 15 is 0 Å². The molecule has 0 amide bonds. The molecule has 1 nitrogen and oxygen atoms in total. The maximum Gasteiger partial charge on any atom is 0.0439 e. The average molecular weight is 343 g/mol. The van der Waals surface area contributed by atoms with Crippen LogP contribution in [0.2, 0.25) is 15.1 Å². The summed E-state index contributed by atoms with van der Waals surface area (Å²) in [6.45, 7) is 3.10. The highest BCUT2D eigenvalue weighted by atomic mass is 35.5. The molecular formula is C17H18Cl3N. The molecule has 2 aromatic carbocycles. The fraction of sp³-hybridized carbons (Fsp3) is 0.294. The number of benzene rings is 2. The Morgan fingerprint density at radius 1 is 0.952 bits per heavy atom. The van der Waals surface area contributed by atoms with Gasteiger partial charge < -0.3 is 5.32 Å². The van der Waals surface area contributed by atoms with Crippen molar-refractivity contribution in [1.29, 1.82) is 0 Å². The summed E-state index contributed by atoms with van der Waals surface area (Å²) < 4.78 is 0. The second-order valence-corrected chi connectivity index (χ2v) is 6.28. The topological polar surface area (TPSA) is 12.0 Å². The van der Waals surface area contributed by atoms with Gasteiger partial charge >= 0.3 is 0 Å². The lowest BCUT2D eigenvalue weighted by molar-refractivity contribution is 0.529. The number of nitrogens with one attached hydrogen (secondary N) is 1. The zero-order chi connectivity index (χ0) is 15.2. The minimum absolute atomic E-state index is 0.193. The molecule has 0 spiro atoms. The van der Waals surface area contributed by atoms with Gasteiger partial charge in [0.1, 0.15) is 0 Å². The molecule has 0 aliphatic heterocycles. The molecule has 2 rings (SSSR count). The molecule has 0 aromatic heterocycles. The Labute approximate surface area is 141 Å². The Hall–Kier alpha value is -0.730. The van der Waals surface area contributed by atoms with Crippen LogP contribution in [0.4, 0.5) is 0 Å².